The Morgan fingerprint density at radius 3 is 2.13 bits per heavy atom. The molecule has 0 aliphatic carbocycles. The summed E-state index contributed by atoms with van der Waals surface area (Å²) in [4.78, 5) is 0. The van der Waals surface area contributed by atoms with Crippen molar-refractivity contribution in [2.24, 2.45) is 5.41 Å². The van der Waals surface area contributed by atoms with Gasteiger partial charge in [0.1, 0.15) is 0 Å². The van der Waals surface area contributed by atoms with Crippen LogP contribution in [0.15, 0.2) is 0 Å². The second-order valence-corrected chi connectivity index (χ2v) is 7.27. The van der Waals surface area contributed by atoms with Gasteiger partial charge in [0, 0.05) is 19.0 Å². The van der Waals surface area contributed by atoms with E-state index in [1.807, 2.05) is 27.7 Å². The molecule has 92 valence electrons. The van der Waals surface area contributed by atoms with E-state index in [0.29, 0.717) is 25.4 Å². The van der Waals surface area contributed by atoms with Crippen LogP contribution in [0.1, 0.15) is 34.1 Å². The van der Waals surface area contributed by atoms with E-state index in [2.05, 4.69) is 0 Å². The van der Waals surface area contributed by atoms with Crippen LogP contribution in [0, 0.1) is 5.41 Å². The van der Waals surface area contributed by atoms with Gasteiger partial charge in [-0.1, -0.05) is 27.7 Å². The number of halogens is 1. The first kappa shape index (κ1) is 15.2. The van der Waals surface area contributed by atoms with Crippen LogP contribution in [0.4, 0.5) is 0 Å². The van der Waals surface area contributed by atoms with Crippen molar-refractivity contribution in [1.29, 1.82) is 0 Å². The molecule has 0 aliphatic heterocycles. The van der Waals surface area contributed by atoms with Gasteiger partial charge in [0.15, 0.2) is 0 Å². The monoisotopic (exact) mass is 255 g/mol. The van der Waals surface area contributed by atoms with Crippen molar-refractivity contribution in [1.82, 2.24) is 4.31 Å². The molecule has 3 nitrogen and oxygen atoms in total. The topological polar surface area (TPSA) is 37.4 Å². The van der Waals surface area contributed by atoms with E-state index >= 15 is 0 Å². The Labute approximate surface area is 98.8 Å². The Balaban J connectivity index is 4.40. The number of rotatable bonds is 6. The van der Waals surface area contributed by atoms with E-state index in [0.717, 1.165) is 0 Å². The zero-order valence-corrected chi connectivity index (χ0v) is 11.7. The van der Waals surface area contributed by atoms with Gasteiger partial charge < -0.3 is 0 Å². The van der Waals surface area contributed by atoms with E-state index in [4.69, 9.17) is 11.6 Å². The summed E-state index contributed by atoms with van der Waals surface area (Å²) >= 11 is 5.57. The fourth-order valence-electron chi connectivity index (χ4n) is 1.15. The van der Waals surface area contributed by atoms with Gasteiger partial charge >= 0.3 is 0 Å². The van der Waals surface area contributed by atoms with Gasteiger partial charge in [-0.2, -0.15) is 0 Å². The summed E-state index contributed by atoms with van der Waals surface area (Å²) < 4.78 is 25.2. The number of hydrogen-bond donors (Lipinski definition) is 0. The third-order valence-corrected chi connectivity index (χ3v) is 4.31. The van der Waals surface area contributed by atoms with Crippen LogP contribution in [0.2, 0.25) is 0 Å². The summed E-state index contributed by atoms with van der Waals surface area (Å²) in [5, 5.41) is 0. The summed E-state index contributed by atoms with van der Waals surface area (Å²) in [7, 11) is -3.12. The minimum Gasteiger partial charge on any atom is -0.212 e. The molecule has 0 saturated carbocycles. The van der Waals surface area contributed by atoms with Crippen molar-refractivity contribution in [3.8, 4) is 0 Å². The first-order chi connectivity index (χ1) is 6.73. The Bertz CT molecular complexity index is 270. The maximum absolute atomic E-state index is 11.9. The van der Waals surface area contributed by atoms with Gasteiger partial charge in [0.2, 0.25) is 10.0 Å². The molecule has 0 radical (unpaired) electrons. The molecule has 0 rings (SSSR count). The van der Waals surface area contributed by atoms with Crippen molar-refractivity contribution in [2.75, 3.05) is 24.7 Å². The maximum Gasteiger partial charge on any atom is 0.214 e. The lowest BCUT2D eigenvalue weighted by Crippen LogP contribution is -2.35. The van der Waals surface area contributed by atoms with Crippen molar-refractivity contribution in [3.63, 3.8) is 0 Å². The quantitative estimate of drug-likeness (QED) is 0.683. The van der Waals surface area contributed by atoms with Crippen molar-refractivity contribution in [2.45, 2.75) is 34.1 Å². The Morgan fingerprint density at radius 2 is 1.80 bits per heavy atom. The Kier molecular flexibility index (Phi) is 6.14. The minimum absolute atomic E-state index is 0.0491. The average molecular weight is 256 g/mol. The van der Waals surface area contributed by atoms with E-state index in [1.54, 1.807) is 0 Å². The van der Waals surface area contributed by atoms with Gasteiger partial charge in [0.25, 0.3) is 0 Å². The molecule has 0 amide bonds. The van der Waals surface area contributed by atoms with Gasteiger partial charge in [-0.05, 0) is 11.8 Å². The summed E-state index contributed by atoms with van der Waals surface area (Å²) in [5.41, 5.74) is 0.0491. The predicted molar refractivity (Wildman–Crippen MR) is 65.8 cm³/mol. The third-order valence-electron chi connectivity index (χ3n) is 2.19. The summed E-state index contributed by atoms with van der Waals surface area (Å²) in [6.07, 6.45) is 0.675. The molecule has 0 N–H and O–H groups in total. The standard InChI is InChI=1S/C10H22ClNO2S/c1-5-12(8-7-11)15(13,14)9-6-10(2,3)4/h5-9H2,1-4H3. The highest BCUT2D eigenvalue weighted by Crippen LogP contribution is 2.20. The first-order valence-electron chi connectivity index (χ1n) is 5.26. The molecule has 0 fully saturated rings. The smallest absolute Gasteiger partial charge is 0.212 e. The summed E-state index contributed by atoms with van der Waals surface area (Å²) in [6, 6.07) is 0. The van der Waals surface area contributed by atoms with E-state index in [-0.39, 0.29) is 11.2 Å². The van der Waals surface area contributed by atoms with E-state index in [1.165, 1.54) is 4.31 Å². The van der Waals surface area contributed by atoms with Crippen molar-refractivity contribution < 1.29 is 8.42 Å². The SMILES string of the molecule is CCN(CCCl)S(=O)(=O)CCC(C)(C)C. The highest BCUT2D eigenvalue weighted by molar-refractivity contribution is 7.89. The Morgan fingerprint density at radius 1 is 1.27 bits per heavy atom. The predicted octanol–water partition coefficient (Wildman–Crippen LogP) is 2.31. The lowest BCUT2D eigenvalue weighted by atomic mass is 9.94. The molecule has 0 aliphatic rings. The highest BCUT2D eigenvalue weighted by Gasteiger charge is 2.22. The second kappa shape index (κ2) is 6.06. The zero-order valence-electron chi connectivity index (χ0n) is 10.1. The molecular weight excluding hydrogens is 234 g/mol. The molecule has 15 heavy (non-hydrogen) atoms. The van der Waals surface area contributed by atoms with Gasteiger partial charge in [-0.3, -0.25) is 0 Å². The van der Waals surface area contributed by atoms with Gasteiger partial charge in [0.05, 0.1) is 5.75 Å². The maximum atomic E-state index is 11.9. The molecule has 0 heterocycles. The summed E-state index contributed by atoms with van der Waals surface area (Å²) in [6.45, 7) is 8.87. The van der Waals surface area contributed by atoms with Gasteiger partial charge in [-0.15, -0.1) is 11.6 Å². The van der Waals surface area contributed by atoms with Crippen LogP contribution in [0.25, 0.3) is 0 Å². The van der Waals surface area contributed by atoms with Crippen molar-refractivity contribution >= 4 is 21.6 Å². The average Bonchev–Trinajstić information content (AvgIpc) is 2.10. The fraction of sp³-hybridized carbons (Fsp3) is 1.00. The van der Waals surface area contributed by atoms with Crippen LogP contribution in [0.3, 0.4) is 0 Å². The van der Waals surface area contributed by atoms with Crippen molar-refractivity contribution in [3.05, 3.63) is 0 Å². The normalized spacial score (nSPS) is 13.5. The van der Waals surface area contributed by atoms with E-state index in [9.17, 15) is 8.42 Å². The molecule has 0 atom stereocenters. The molecule has 0 saturated heterocycles. The molecule has 0 aromatic heterocycles. The molecule has 5 heteroatoms. The third kappa shape index (κ3) is 6.38. The number of nitrogens with zero attached hydrogens (tertiary/aromatic N) is 1. The highest BCUT2D eigenvalue weighted by atomic mass is 35.5. The zero-order chi connectivity index (χ0) is 12.1. The fourth-order valence-corrected chi connectivity index (χ4v) is 3.35. The number of hydrogen-bond acceptors (Lipinski definition) is 2. The number of sulfonamides is 1. The van der Waals surface area contributed by atoms with Crippen LogP contribution < -0.4 is 0 Å². The van der Waals surface area contributed by atoms with Crippen LogP contribution in [-0.4, -0.2) is 37.4 Å². The molecule has 0 spiro atoms. The van der Waals surface area contributed by atoms with Crippen LogP contribution in [-0.2, 0) is 10.0 Å². The lowest BCUT2D eigenvalue weighted by Gasteiger charge is -2.23. The van der Waals surface area contributed by atoms with Crippen LogP contribution >= 0.6 is 11.6 Å². The molecule has 0 bridgehead atoms. The molecule has 0 unspecified atom stereocenters. The molecular formula is C10H22ClNO2S. The van der Waals surface area contributed by atoms with E-state index < -0.39 is 10.0 Å². The molecule has 0 aromatic rings. The minimum atomic E-state index is -3.12. The number of alkyl halides is 1. The first-order valence-corrected chi connectivity index (χ1v) is 7.41. The Hall–Kier alpha value is 0.200. The largest absolute Gasteiger partial charge is 0.214 e. The van der Waals surface area contributed by atoms with Gasteiger partial charge in [-0.25, -0.2) is 12.7 Å². The van der Waals surface area contributed by atoms with Crippen LogP contribution in [0.5, 0.6) is 0 Å². The lowest BCUT2D eigenvalue weighted by molar-refractivity contribution is 0.385. The molecule has 0 aromatic carbocycles. The second-order valence-electron chi connectivity index (χ2n) is 4.81. The summed E-state index contributed by atoms with van der Waals surface area (Å²) in [5.74, 6) is 0.559.